The largest absolute Gasteiger partial charge is 0.494 e. The molecule has 0 saturated carbocycles. The molecule has 3 fully saturated rings. The van der Waals surface area contributed by atoms with Gasteiger partial charge in [0.25, 0.3) is 0 Å². The predicted molar refractivity (Wildman–Crippen MR) is 99.7 cm³/mol. The first-order valence-electron chi connectivity index (χ1n) is 9.56. The number of hydrogen-bond donors (Lipinski definition) is 0. The molecule has 1 aromatic rings. The summed E-state index contributed by atoms with van der Waals surface area (Å²) in [6.07, 6.45) is 3.44. The summed E-state index contributed by atoms with van der Waals surface area (Å²) in [4.78, 5) is 18.6. The second-order valence-electron chi connectivity index (χ2n) is 7.73. The lowest BCUT2D eigenvalue weighted by atomic mass is 9.95. The topological polar surface area (TPSA) is 36.0 Å². The number of nitrogens with zero attached hydrogens (tertiary/aromatic N) is 3. The van der Waals surface area contributed by atoms with Gasteiger partial charge in [0.2, 0.25) is 5.91 Å². The summed E-state index contributed by atoms with van der Waals surface area (Å²) in [5.41, 5.74) is 0. The van der Waals surface area contributed by atoms with Crippen molar-refractivity contribution in [2.45, 2.75) is 25.3 Å². The Morgan fingerprint density at radius 1 is 1.19 bits per heavy atom. The fourth-order valence-corrected chi connectivity index (χ4v) is 4.00. The molecule has 26 heavy (non-hydrogen) atoms. The lowest BCUT2D eigenvalue weighted by Crippen LogP contribution is -2.45. The van der Waals surface area contributed by atoms with Crippen LogP contribution in [0.4, 0.5) is 4.39 Å². The molecule has 0 unspecified atom stereocenters. The number of fused-ring (bicyclic) bond motifs is 4. The van der Waals surface area contributed by atoms with Gasteiger partial charge in [-0.2, -0.15) is 0 Å². The summed E-state index contributed by atoms with van der Waals surface area (Å²) in [5.74, 6) is 1.32. The first-order chi connectivity index (χ1) is 12.5. The Bertz CT molecular complexity index is 593. The molecular formula is C20H30FN3O2. The highest BCUT2D eigenvalue weighted by Crippen LogP contribution is 2.28. The van der Waals surface area contributed by atoms with Crippen LogP contribution in [0.2, 0.25) is 0 Å². The molecule has 4 rings (SSSR count). The van der Waals surface area contributed by atoms with Gasteiger partial charge in [0.05, 0.1) is 13.2 Å². The van der Waals surface area contributed by atoms with Crippen LogP contribution in [0.1, 0.15) is 19.3 Å². The molecule has 0 spiro atoms. The van der Waals surface area contributed by atoms with Crippen LogP contribution in [0.3, 0.4) is 0 Å². The van der Waals surface area contributed by atoms with E-state index in [2.05, 4.69) is 9.80 Å². The van der Waals surface area contributed by atoms with E-state index < -0.39 is 0 Å². The summed E-state index contributed by atoms with van der Waals surface area (Å²) < 4.78 is 18.6. The summed E-state index contributed by atoms with van der Waals surface area (Å²) in [6.45, 7) is 5.31. The predicted octanol–water partition coefficient (Wildman–Crippen LogP) is 2.08. The third-order valence-corrected chi connectivity index (χ3v) is 5.43. The second kappa shape index (κ2) is 8.82. The van der Waals surface area contributed by atoms with Gasteiger partial charge < -0.3 is 9.64 Å². The van der Waals surface area contributed by atoms with Crippen LogP contribution < -0.4 is 4.74 Å². The lowest BCUT2D eigenvalue weighted by Gasteiger charge is -2.36. The van der Waals surface area contributed by atoms with Crippen molar-refractivity contribution in [3.63, 3.8) is 0 Å². The second-order valence-corrected chi connectivity index (χ2v) is 7.73. The highest BCUT2D eigenvalue weighted by atomic mass is 19.1. The molecule has 2 bridgehead atoms. The molecule has 3 heterocycles. The molecule has 0 radical (unpaired) electrons. The molecule has 3 aliphatic heterocycles. The Hall–Kier alpha value is -1.66. The molecule has 5 nitrogen and oxygen atoms in total. The van der Waals surface area contributed by atoms with Crippen LogP contribution >= 0.6 is 0 Å². The molecule has 1 aromatic carbocycles. The molecular weight excluding hydrogens is 333 g/mol. The quantitative estimate of drug-likeness (QED) is 0.695. The van der Waals surface area contributed by atoms with Crippen molar-refractivity contribution >= 4 is 5.91 Å². The van der Waals surface area contributed by atoms with Crippen molar-refractivity contribution in [1.29, 1.82) is 0 Å². The summed E-state index contributed by atoms with van der Waals surface area (Å²) in [7, 11) is 3.64. The van der Waals surface area contributed by atoms with E-state index in [-0.39, 0.29) is 11.7 Å². The summed E-state index contributed by atoms with van der Waals surface area (Å²) in [6, 6.07) is 6.72. The smallest absolute Gasteiger partial charge is 0.236 e. The molecule has 144 valence electrons. The monoisotopic (exact) mass is 363 g/mol. The van der Waals surface area contributed by atoms with Crippen molar-refractivity contribution < 1.29 is 13.9 Å². The zero-order valence-electron chi connectivity index (χ0n) is 15.9. The number of ether oxygens (including phenoxy) is 1. The highest BCUT2D eigenvalue weighted by molar-refractivity contribution is 5.77. The van der Waals surface area contributed by atoms with E-state index in [1.165, 1.54) is 25.0 Å². The Morgan fingerprint density at radius 2 is 1.96 bits per heavy atom. The van der Waals surface area contributed by atoms with Crippen molar-refractivity contribution in [3.8, 4) is 5.75 Å². The number of rotatable bonds is 7. The van der Waals surface area contributed by atoms with Crippen LogP contribution in [-0.2, 0) is 4.79 Å². The molecule has 3 saturated heterocycles. The van der Waals surface area contributed by atoms with E-state index >= 15 is 0 Å². The van der Waals surface area contributed by atoms with Gasteiger partial charge in [-0.05, 0) is 49.4 Å². The van der Waals surface area contributed by atoms with Crippen molar-refractivity contribution in [1.82, 2.24) is 14.7 Å². The SMILES string of the molecule is CN(C)C(=O)CN1C[C@H]2CC[C@@H](C1)N(CCCOc1ccc(F)cc1)C2. The fraction of sp³-hybridized carbons (Fsp3) is 0.650. The Labute approximate surface area is 155 Å². The lowest BCUT2D eigenvalue weighted by molar-refractivity contribution is -0.130. The first-order valence-corrected chi connectivity index (χ1v) is 9.56. The summed E-state index contributed by atoms with van der Waals surface area (Å²) in [5, 5.41) is 0. The molecule has 6 heteroatoms. The van der Waals surface area contributed by atoms with E-state index in [1.807, 2.05) is 14.1 Å². The van der Waals surface area contributed by atoms with Gasteiger partial charge >= 0.3 is 0 Å². The minimum atomic E-state index is -0.241. The van der Waals surface area contributed by atoms with Crippen molar-refractivity contribution in [3.05, 3.63) is 30.1 Å². The van der Waals surface area contributed by atoms with E-state index in [9.17, 15) is 9.18 Å². The maximum absolute atomic E-state index is 12.9. The highest BCUT2D eigenvalue weighted by Gasteiger charge is 2.34. The maximum atomic E-state index is 12.9. The van der Waals surface area contributed by atoms with Crippen LogP contribution in [0, 0.1) is 11.7 Å². The van der Waals surface area contributed by atoms with Crippen molar-refractivity contribution in [2.75, 3.05) is 53.4 Å². The molecule has 1 amide bonds. The van der Waals surface area contributed by atoms with E-state index in [4.69, 9.17) is 4.74 Å². The standard InChI is InChI=1S/C20H30FN3O2/c1-22(2)20(25)15-23-12-16-4-7-18(14-23)24(13-16)10-3-11-26-19-8-5-17(21)6-9-19/h5-6,8-9,16,18H,3-4,7,10-15H2,1-2H3/t16-,18+/m1/s1. The van der Waals surface area contributed by atoms with Gasteiger partial charge in [-0.25, -0.2) is 4.39 Å². The number of benzene rings is 1. The molecule has 0 aliphatic carbocycles. The van der Waals surface area contributed by atoms with Gasteiger partial charge in [-0.3, -0.25) is 14.6 Å². The number of likely N-dealkylation sites (N-methyl/N-ethyl adjacent to an activating group) is 1. The van der Waals surface area contributed by atoms with Crippen molar-refractivity contribution in [2.24, 2.45) is 5.92 Å². The van der Waals surface area contributed by atoms with Crippen LogP contribution in [-0.4, -0.2) is 80.1 Å². The molecule has 0 N–H and O–H groups in total. The van der Waals surface area contributed by atoms with E-state index in [0.717, 1.165) is 38.3 Å². The number of hydrogen-bond acceptors (Lipinski definition) is 4. The minimum absolute atomic E-state index is 0.186. The Morgan fingerprint density at radius 3 is 2.69 bits per heavy atom. The van der Waals surface area contributed by atoms with E-state index in [0.29, 0.717) is 25.1 Å². The number of halogens is 1. The van der Waals surface area contributed by atoms with Gasteiger partial charge in [0.15, 0.2) is 0 Å². The van der Waals surface area contributed by atoms with E-state index in [1.54, 1.807) is 17.0 Å². The van der Waals surface area contributed by atoms with Gasteiger partial charge in [-0.1, -0.05) is 0 Å². The average molecular weight is 363 g/mol. The zero-order chi connectivity index (χ0) is 18.5. The zero-order valence-corrected chi connectivity index (χ0v) is 15.9. The third kappa shape index (κ3) is 5.17. The maximum Gasteiger partial charge on any atom is 0.236 e. The number of carbonyl (C=O) groups is 1. The van der Waals surface area contributed by atoms with Gasteiger partial charge in [0, 0.05) is 46.3 Å². The first kappa shape index (κ1) is 19.1. The van der Waals surface area contributed by atoms with Gasteiger partial charge in [0.1, 0.15) is 11.6 Å². The number of carbonyl (C=O) groups excluding carboxylic acids is 1. The van der Waals surface area contributed by atoms with Gasteiger partial charge in [-0.15, -0.1) is 0 Å². The normalized spacial score (nSPS) is 23.7. The fourth-order valence-electron chi connectivity index (χ4n) is 4.00. The summed E-state index contributed by atoms with van der Waals surface area (Å²) >= 11 is 0. The van der Waals surface area contributed by atoms with Crippen LogP contribution in [0.5, 0.6) is 5.75 Å². The van der Waals surface area contributed by atoms with Crippen LogP contribution in [0.15, 0.2) is 24.3 Å². The Balaban J connectivity index is 1.44. The molecule has 2 atom stereocenters. The number of piperidine rings is 1. The average Bonchev–Trinajstić information content (AvgIpc) is 2.90. The Kier molecular flexibility index (Phi) is 6.48. The third-order valence-electron chi connectivity index (χ3n) is 5.43. The molecule has 0 aromatic heterocycles. The molecule has 3 aliphatic rings. The van der Waals surface area contributed by atoms with Crippen LogP contribution in [0.25, 0.3) is 0 Å². The minimum Gasteiger partial charge on any atom is -0.494 e. The number of amides is 1.